The molecule has 0 aliphatic rings. The average Bonchev–Trinajstić information content (AvgIpc) is 2.26. The number of hydrogen-bond acceptors (Lipinski definition) is 2. The lowest BCUT2D eigenvalue weighted by Crippen LogP contribution is -2.47. The van der Waals surface area contributed by atoms with Gasteiger partial charge >= 0.3 is 0 Å². The van der Waals surface area contributed by atoms with Crippen LogP contribution in [-0.2, 0) is 5.41 Å². The van der Waals surface area contributed by atoms with Crippen molar-refractivity contribution in [2.75, 3.05) is 0 Å². The summed E-state index contributed by atoms with van der Waals surface area (Å²) in [6.07, 6.45) is 2.59. The summed E-state index contributed by atoms with van der Waals surface area (Å²) in [5, 5.41) is 0. The van der Waals surface area contributed by atoms with Crippen molar-refractivity contribution < 1.29 is 4.39 Å². The molecule has 0 aliphatic heterocycles. The van der Waals surface area contributed by atoms with Crippen LogP contribution in [0.25, 0.3) is 0 Å². The second kappa shape index (κ2) is 5.23. The first-order chi connectivity index (χ1) is 7.52. The van der Waals surface area contributed by atoms with E-state index in [0.29, 0.717) is 0 Å². The quantitative estimate of drug-likeness (QED) is 0.456. The molecule has 0 aliphatic carbocycles. The third-order valence-corrected chi connectivity index (χ3v) is 3.06. The molecule has 3 N–H and O–H groups in total. The van der Waals surface area contributed by atoms with Crippen LogP contribution in [-0.4, -0.2) is 6.04 Å². The maximum absolute atomic E-state index is 12.8. The number of nitrogens with two attached hydrogens (primary N) is 1. The highest BCUT2D eigenvalue weighted by atomic mass is 19.1. The zero-order chi connectivity index (χ0) is 12.2. The van der Waals surface area contributed by atoms with E-state index in [4.69, 9.17) is 5.84 Å². The van der Waals surface area contributed by atoms with Gasteiger partial charge in [-0.25, -0.2) is 4.39 Å². The first-order valence-corrected chi connectivity index (χ1v) is 5.35. The second-order valence-corrected chi connectivity index (χ2v) is 4.47. The summed E-state index contributed by atoms with van der Waals surface area (Å²) in [7, 11) is 0. The molecule has 1 unspecified atom stereocenters. The Balaban J connectivity index is 2.98. The van der Waals surface area contributed by atoms with Crippen LogP contribution in [0.1, 0.15) is 25.8 Å². The molecule has 1 rings (SSSR count). The van der Waals surface area contributed by atoms with E-state index in [-0.39, 0.29) is 17.3 Å². The molecule has 2 nitrogen and oxygen atoms in total. The van der Waals surface area contributed by atoms with Crippen LogP contribution in [0.5, 0.6) is 0 Å². The zero-order valence-electron chi connectivity index (χ0n) is 9.83. The van der Waals surface area contributed by atoms with Crippen molar-refractivity contribution in [1.29, 1.82) is 0 Å². The Morgan fingerprint density at radius 2 is 2.00 bits per heavy atom. The smallest absolute Gasteiger partial charge is 0.123 e. The Morgan fingerprint density at radius 3 is 2.44 bits per heavy atom. The third-order valence-electron chi connectivity index (χ3n) is 3.06. The van der Waals surface area contributed by atoms with Crippen LogP contribution in [0.15, 0.2) is 36.9 Å². The Morgan fingerprint density at radius 1 is 1.44 bits per heavy atom. The maximum atomic E-state index is 12.8. The third kappa shape index (κ3) is 2.68. The van der Waals surface area contributed by atoms with E-state index in [9.17, 15) is 4.39 Å². The standard InChI is InChI=1S/C13H19FN2/c1-4-5-12(16-15)13(2,3)10-6-8-11(14)9-7-10/h4,6-9,12,16H,1,5,15H2,2-3H3. The van der Waals surface area contributed by atoms with E-state index in [1.165, 1.54) is 12.1 Å². The van der Waals surface area contributed by atoms with Crippen molar-refractivity contribution in [3.8, 4) is 0 Å². The molecule has 0 saturated heterocycles. The molecule has 1 atom stereocenters. The first-order valence-electron chi connectivity index (χ1n) is 5.35. The molecule has 0 aromatic heterocycles. The van der Waals surface area contributed by atoms with E-state index in [1.807, 2.05) is 6.08 Å². The molecule has 0 saturated carbocycles. The monoisotopic (exact) mass is 222 g/mol. The lowest BCUT2D eigenvalue weighted by atomic mass is 9.76. The predicted molar refractivity (Wildman–Crippen MR) is 65.4 cm³/mol. The van der Waals surface area contributed by atoms with Gasteiger partial charge in [0.15, 0.2) is 0 Å². The normalized spacial score (nSPS) is 13.5. The highest BCUT2D eigenvalue weighted by Crippen LogP contribution is 2.28. The summed E-state index contributed by atoms with van der Waals surface area (Å²) in [6.45, 7) is 7.87. The van der Waals surface area contributed by atoms with Gasteiger partial charge in [-0.1, -0.05) is 32.1 Å². The van der Waals surface area contributed by atoms with Crippen LogP contribution in [0.4, 0.5) is 4.39 Å². The van der Waals surface area contributed by atoms with Crippen LogP contribution >= 0.6 is 0 Å². The fourth-order valence-corrected chi connectivity index (χ4v) is 1.82. The number of hydrogen-bond donors (Lipinski definition) is 2. The number of benzene rings is 1. The number of rotatable bonds is 5. The Labute approximate surface area is 96.3 Å². The molecule has 0 fully saturated rings. The SMILES string of the molecule is C=CCC(NN)C(C)(C)c1ccc(F)cc1. The van der Waals surface area contributed by atoms with Gasteiger partial charge in [0, 0.05) is 11.5 Å². The average molecular weight is 222 g/mol. The molecule has 0 radical (unpaired) electrons. The van der Waals surface area contributed by atoms with Crippen molar-refractivity contribution >= 4 is 0 Å². The summed E-state index contributed by atoms with van der Waals surface area (Å²) in [5.74, 6) is 5.32. The van der Waals surface area contributed by atoms with E-state index in [2.05, 4.69) is 25.9 Å². The molecule has 0 amide bonds. The Kier molecular flexibility index (Phi) is 4.21. The van der Waals surface area contributed by atoms with Gasteiger partial charge < -0.3 is 0 Å². The number of halogens is 1. The van der Waals surface area contributed by atoms with Gasteiger partial charge in [-0.15, -0.1) is 6.58 Å². The van der Waals surface area contributed by atoms with Gasteiger partial charge in [0.05, 0.1) is 0 Å². The van der Waals surface area contributed by atoms with E-state index in [0.717, 1.165) is 12.0 Å². The zero-order valence-corrected chi connectivity index (χ0v) is 9.83. The minimum Gasteiger partial charge on any atom is -0.271 e. The van der Waals surface area contributed by atoms with Gasteiger partial charge in [-0.05, 0) is 24.1 Å². The highest BCUT2D eigenvalue weighted by Gasteiger charge is 2.29. The lowest BCUT2D eigenvalue weighted by molar-refractivity contribution is 0.346. The van der Waals surface area contributed by atoms with Crippen molar-refractivity contribution in [2.24, 2.45) is 5.84 Å². The van der Waals surface area contributed by atoms with Crippen LogP contribution < -0.4 is 11.3 Å². The summed E-state index contributed by atoms with van der Waals surface area (Å²) < 4.78 is 12.8. The summed E-state index contributed by atoms with van der Waals surface area (Å²) in [6, 6.07) is 6.61. The van der Waals surface area contributed by atoms with Crippen molar-refractivity contribution in [3.63, 3.8) is 0 Å². The van der Waals surface area contributed by atoms with Crippen LogP contribution in [0, 0.1) is 5.82 Å². The molecular weight excluding hydrogens is 203 g/mol. The van der Waals surface area contributed by atoms with E-state index >= 15 is 0 Å². The molecule has 0 heterocycles. The summed E-state index contributed by atoms with van der Waals surface area (Å²) >= 11 is 0. The highest BCUT2D eigenvalue weighted by molar-refractivity contribution is 5.26. The first kappa shape index (κ1) is 12.9. The number of hydrazine groups is 1. The fourth-order valence-electron chi connectivity index (χ4n) is 1.82. The maximum Gasteiger partial charge on any atom is 0.123 e. The van der Waals surface area contributed by atoms with E-state index < -0.39 is 0 Å². The van der Waals surface area contributed by atoms with Gasteiger partial charge in [0.25, 0.3) is 0 Å². The fraction of sp³-hybridized carbons (Fsp3) is 0.385. The van der Waals surface area contributed by atoms with Crippen molar-refractivity contribution in [1.82, 2.24) is 5.43 Å². The van der Waals surface area contributed by atoms with Crippen molar-refractivity contribution in [2.45, 2.75) is 31.7 Å². The largest absolute Gasteiger partial charge is 0.271 e. The minimum atomic E-state index is -0.222. The molecule has 1 aromatic carbocycles. The van der Waals surface area contributed by atoms with Crippen LogP contribution in [0.3, 0.4) is 0 Å². The molecule has 16 heavy (non-hydrogen) atoms. The molecular formula is C13H19FN2. The molecule has 1 aromatic rings. The Hall–Kier alpha value is -1.19. The molecule has 3 heteroatoms. The van der Waals surface area contributed by atoms with Gasteiger partial charge in [-0.2, -0.15) is 0 Å². The molecule has 88 valence electrons. The number of nitrogens with one attached hydrogen (secondary N) is 1. The lowest BCUT2D eigenvalue weighted by Gasteiger charge is -2.34. The molecule has 0 spiro atoms. The van der Waals surface area contributed by atoms with E-state index in [1.54, 1.807) is 12.1 Å². The second-order valence-electron chi connectivity index (χ2n) is 4.47. The van der Waals surface area contributed by atoms with Crippen molar-refractivity contribution in [3.05, 3.63) is 48.3 Å². The van der Waals surface area contributed by atoms with Gasteiger partial charge in [-0.3, -0.25) is 11.3 Å². The van der Waals surface area contributed by atoms with Gasteiger partial charge in [0.1, 0.15) is 5.82 Å². The van der Waals surface area contributed by atoms with Gasteiger partial charge in [0.2, 0.25) is 0 Å². The Bertz CT molecular complexity index is 343. The van der Waals surface area contributed by atoms with Crippen LogP contribution in [0.2, 0.25) is 0 Å². The topological polar surface area (TPSA) is 38.0 Å². The molecule has 0 bridgehead atoms. The predicted octanol–water partition coefficient (Wildman–Crippen LogP) is 2.51. The minimum absolute atomic E-state index is 0.0791. The summed E-state index contributed by atoms with van der Waals surface area (Å²) in [4.78, 5) is 0. The summed E-state index contributed by atoms with van der Waals surface area (Å²) in [5.41, 5.74) is 3.68.